The average Bonchev–Trinajstić information content (AvgIpc) is 3.55. The zero-order valence-corrected chi connectivity index (χ0v) is 24.1. The zero-order chi connectivity index (χ0) is 29.0. The topological polar surface area (TPSA) is 128 Å². The number of nitrogens with two attached hydrogens (primary N) is 1. The van der Waals surface area contributed by atoms with Crippen molar-refractivity contribution in [3.05, 3.63) is 64.8 Å². The number of piperidine rings is 1. The molecule has 2 amide bonds. The van der Waals surface area contributed by atoms with Crippen LogP contribution in [0.1, 0.15) is 78.5 Å². The SMILES string of the molecule is COc1cc(C(=O)Nc2cc(C3CCC3)ccn2)ccc1-c1nc(C2CCC3CCC(=O)N3C2)n2c(Cl)cnc(N)c12. The van der Waals surface area contributed by atoms with Gasteiger partial charge in [0, 0.05) is 42.2 Å². The van der Waals surface area contributed by atoms with Gasteiger partial charge in [0.05, 0.1) is 13.3 Å². The lowest BCUT2D eigenvalue weighted by atomic mass is 9.80. The summed E-state index contributed by atoms with van der Waals surface area (Å²) in [6, 6.07) is 9.50. The van der Waals surface area contributed by atoms with E-state index in [0.717, 1.165) is 25.1 Å². The Morgan fingerprint density at radius 3 is 2.74 bits per heavy atom. The molecule has 3 aliphatic rings. The number of amides is 2. The first-order valence-corrected chi connectivity index (χ1v) is 14.9. The van der Waals surface area contributed by atoms with Gasteiger partial charge >= 0.3 is 0 Å². The number of pyridine rings is 1. The van der Waals surface area contributed by atoms with Crippen LogP contribution in [0.15, 0.2) is 42.7 Å². The molecular formula is C31H32ClN7O3. The summed E-state index contributed by atoms with van der Waals surface area (Å²) >= 11 is 6.69. The maximum atomic E-state index is 13.2. The van der Waals surface area contributed by atoms with Gasteiger partial charge in [0.25, 0.3) is 5.91 Å². The summed E-state index contributed by atoms with van der Waals surface area (Å²) in [5.41, 5.74) is 9.82. The lowest BCUT2D eigenvalue weighted by Gasteiger charge is -2.34. The van der Waals surface area contributed by atoms with Crippen molar-refractivity contribution in [2.45, 2.75) is 62.8 Å². The predicted octanol–water partition coefficient (Wildman–Crippen LogP) is 5.42. The third-order valence-electron chi connectivity index (χ3n) is 9.07. The van der Waals surface area contributed by atoms with Crippen LogP contribution in [0.4, 0.5) is 11.6 Å². The van der Waals surface area contributed by atoms with Gasteiger partial charge in [-0.1, -0.05) is 18.0 Å². The molecule has 3 fully saturated rings. The van der Waals surface area contributed by atoms with Gasteiger partial charge in [0.1, 0.15) is 39.6 Å². The van der Waals surface area contributed by atoms with E-state index < -0.39 is 0 Å². The third kappa shape index (κ3) is 4.54. The van der Waals surface area contributed by atoms with Crippen LogP contribution in [0.25, 0.3) is 16.8 Å². The number of methoxy groups -OCH3 is 1. The summed E-state index contributed by atoms with van der Waals surface area (Å²) in [6.07, 6.45) is 10.2. The molecule has 2 aliphatic heterocycles. The van der Waals surface area contributed by atoms with Crippen molar-refractivity contribution in [1.29, 1.82) is 0 Å². The number of nitrogen functional groups attached to an aromatic ring is 1. The van der Waals surface area contributed by atoms with Crippen molar-refractivity contribution >= 4 is 40.6 Å². The number of carbonyl (C=O) groups excluding carboxylic acids is 2. The van der Waals surface area contributed by atoms with E-state index in [2.05, 4.69) is 15.3 Å². The summed E-state index contributed by atoms with van der Waals surface area (Å²) in [5.74, 6) is 2.43. The Morgan fingerprint density at radius 1 is 1.10 bits per heavy atom. The summed E-state index contributed by atoms with van der Waals surface area (Å²) in [5, 5.41) is 3.31. The quantitative estimate of drug-likeness (QED) is 0.309. The molecule has 1 aromatic carbocycles. The molecule has 5 heterocycles. The second kappa shape index (κ2) is 10.6. The number of nitrogens with zero attached hydrogens (tertiary/aromatic N) is 5. The van der Waals surface area contributed by atoms with E-state index in [1.807, 2.05) is 21.4 Å². The highest BCUT2D eigenvalue weighted by Crippen LogP contribution is 2.41. The monoisotopic (exact) mass is 585 g/mol. The van der Waals surface area contributed by atoms with Gasteiger partial charge in [-0.2, -0.15) is 0 Å². The highest BCUT2D eigenvalue weighted by atomic mass is 35.5. The molecular weight excluding hydrogens is 554 g/mol. The number of anilines is 2. The normalized spacial score (nSPS) is 20.4. The number of halogens is 1. The van der Waals surface area contributed by atoms with Crippen molar-refractivity contribution in [3.63, 3.8) is 0 Å². The van der Waals surface area contributed by atoms with E-state index in [4.69, 9.17) is 27.1 Å². The molecule has 3 aromatic heterocycles. The Morgan fingerprint density at radius 2 is 1.95 bits per heavy atom. The highest BCUT2D eigenvalue weighted by Gasteiger charge is 2.38. The molecule has 2 atom stereocenters. The van der Waals surface area contributed by atoms with Crippen molar-refractivity contribution in [2.24, 2.45) is 0 Å². The second-order valence-electron chi connectivity index (χ2n) is 11.5. The predicted molar refractivity (Wildman–Crippen MR) is 160 cm³/mol. The maximum absolute atomic E-state index is 13.2. The van der Waals surface area contributed by atoms with E-state index in [1.165, 1.54) is 31.0 Å². The number of imidazole rings is 1. The van der Waals surface area contributed by atoms with Gasteiger partial charge in [-0.05, 0) is 73.9 Å². The lowest BCUT2D eigenvalue weighted by Crippen LogP contribution is -2.41. The first-order valence-electron chi connectivity index (χ1n) is 14.5. The number of hydrogen-bond acceptors (Lipinski definition) is 7. The van der Waals surface area contributed by atoms with Crippen LogP contribution in [0.3, 0.4) is 0 Å². The smallest absolute Gasteiger partial charge is 0.256 e. The van der Waals surface area contributed by atoms with Gasteiger partial charge < -0.3 is 20.7 Å². The molecule has 0 spiro atoms. The molecule has 0 radical (unpaired) electrons. The summed E-state index contributed by atoms with van der Waals surface area (Å²) in [7, 11) is 1.55. The molecule has 216 valence electrons. The van der Waals surface area contributed by atoms with Crippen molar-refractivity contribution in [3.8, 4) is 17.0 Å². The number of rotatable bonds is 6. The van der Waals surface area contributed by atoms with Crippen LogP contribution in [0.2, 0.25) is 5.15 Å². The van der Waals surface area contributed by atoms with E-state index >= 15 is 0 Å². The number of benzene rings is 1. The van der Waals surface area contributed by atoms with Crippen molar-refractivity contribution in [1.82, 2.24) is 24.3 Å². The fourth-order valence-electron chi connectivity index (χ4n) is 6.60. The Bertz CT molecular complexity index is 1720. The molecule has 11 heteroatoms. The van der Waals surface area contributed by atoms with Gasteiger partial charge in [-0.15, -0.1) is 0 Å². The van der Waals surface area contributed by atoms with Crippen LogP contribution in [0.5, 0.6) is 5.75 Å². The standard InChI is InChI=1S/C31H32ClN7O3/c1-42-23-13-19(31(41)36-25-14-18(11-12-34-25)17-3-2-4-17)6-9-22(23)27-28-29(33)35-15-24(32)39(28)30(37-27)20-5-7-21-8-10-26(40)38(21)16-20/h6,9,11-15,17,20-21H,2-5,7-8,10,16H2,1H3,(H2,33,35)(H,34,36,41). The molecule has 2 saturated heterocycles. The first kappa shape index (κ1) is 26.7. The fraction of sp³-hybridized carbons (Fsp3) is 0.387. The highest BCUT2D eigenvalue weighted by molar-refractivity contribution is 6.30. The number of fused-ring (bicyclic) bond motifs is 2. The lowest BCUT2D eigenvalue weighted by molar-refractivity contribution is -0.130. The molecule has 3 N–H and O–H groups in total. The largest absolute Gasteiger partial charge is 0.496 e. The Labute approximate surface area is 248 Å². The molecule has 1 saturated carbocycles. The third-order valence-corrected chi connectivity index (χ3v) is 9.34. The summed E-state index contributed by atoms with van der Waals surface area (Å²) < 4.78 is 7.61. The van der Waals surface area contributed by atoms with Gasteiger partial charge in [-0.25, -0.2) is 15.0 Å². The number of ether oxygens (including phenoxy) is 1. The molecule has 1 aliphatic carbocycles. The molecule has 10 nitrogen and oxygen atoms in total. The van der Waals surface area contributed by atoms with Crippen LogP contribution < -0.4 is 15.8 Å². The molecule has 2 unspecified atom stereocenters. The number of aromatic nitrogens is 4. The van der Waals surface area contributed by atoms with E-state index in [-0.39, 0.29) is 23.6 Å². The van der Waals surface area contributed by atoms with E-state index in [9.17, 15) is 9.59 Å². The van der Waals surface area contributed by atoms with Crippen LogP contribution in [-0.2, 0) is 4.79 Å². The van der Waals surface area contributed by atoms with Crippen LogP contribution >= 0.6 is 11.6 Å². The van der Waals surface area contributed by atoms with Gasteiger partial charge in [0.2, 0.25) is 5.91 Å². The van der Waals surface area contributed by atoms with Gasteiger partial charge in [0.15, 0.2) is 0 Å². The second-order valence-corrected chi connectivity index (χ2v) is 11.8. The minimum Gasteiger partial charge on any atom is -0.496 e. The van der Waals surface area contributed by atoms with E-state index in [0.29, 0.717) is 64.0 Å². The summed E-state index contributed by atoms with van der Waals surface area (Å²) in [6.45, 7) is 0.590. The molecule has 4 aromatic rings. The summed E-state index contributed by atoms with van der Waals surface area (Å²) in [4.78, 5) is 41.5. The Kier molecular flexibility index (Phi) is 6.73. The van der Waals surface area contributed by atoms with E-state index in [1.54, 1.807) is 31.5 Å². The number of hydrogen-bond donors (Lipinski definition) is 2. The zero-order valence-electron chi connectivity index (χ0n) is 23.3. The first-order chi connectivity index (χ1) is 20.4. The van der Waals surface area contributed by atoms with Crippen molar-refractivity contribution < 1.29 is 14.3 Å². The number of nitrogens with one attached hydrogen (secondary N) is 1. The van der Waals surface area contributed by atoms with Crippen molar-refractivity contribution in [2.75, 3.05) is 24.7 Å². The minimum absolute atomic E-state index is 0.0110. The van der Waals surface area contributed by atoms with Crippen LogP contribution in [0, 0.1) is 0 Å². The minimum atomic E-state index is -0.287. The number of carbonyl (C=O) groups is 2. The molecule has 7 rings (SSSR count). The van der Waals surface area contributed by atoms with Crippen LogP contribution in [-0.4, -0.2) is 55.8 Å². The Hall–Kier alpha value is -4.18. The van der Waals surface area contributed by atoms with Gasteiger partial charge in [-0.3, -0.25) is 14.0 Å². The Balaban J connectivity index is 1.23. The molecule has 42 heavy (non-hydrogen) atoms. The molecule has 0 bridgehead atoms. The fourth-order valence-corrected chi connectivity index (χ4v) is 6.82. The average molecular weight is 586 g/mol. The maximum Gasteiger partial charge on any atom is 0.256 e.